The molecule has 4 rings (SSSR count). The number of rotatable bonds is 5. The zero-order chi connectivity index (χ0) is 17.9. The fraction of sp³-hybridized carbons (Fsp3) is 0.632. The lowest BCUT2D eigenvalue weighted by Gasteiger charge is -2.29. The van der Waals surface area contributed by atoms with E-state index in [1.54, 1.807) is 11.3 Å². The van der Waals surface area contributed by atoms with Gasteiger partial charge in [-0.1, -0.05) is 0 Å². The van der Waals surface area contributed by atoms with Crippen LogP contribution in [0, 0.1) is 13.8 Å². The van der Waals surface area contributed by atoms with Gasteiger partial charge >= 0.3 is 0 Å². The lowest BCUT2D eigenvalue weighted by molar-refractivity contribution is 0.0309. The van der Waals surface area contributed by atoms with Crippen molar-refractivity contribution >= 4 is 11.3 Å². The van der Waals surface area contributed by atoms with E-state index in [1.165, 1.54) is 22.5 Å². The highest BCUT2D eigenvalue weighted by Gasteiger charge is 2.24. The highest BCUT2D eigenvalue weighted by Crippen LogP contribution is 2.29. The van der Waals surface area contributed by atoms with Crippen LogP contribution < -0.4 is 0 Å². The summed E-state index contributed by atoms with van der Waals surface area (Å²) in [7, 11) is 0. The van der Waals surface area contributed by atoms with Crippen molar-refractivity contribution in [3.05, 3.63) is 34.1 Å². The van der Waals surface area contributed by atoms with Crippen LogP contribution in [-0.2, 0) is 22.6 Å². The quantitative estimate of drug-likeness (QED) is 0.800. The predicted molar refractivity (Wildman–Crippen MR) is 103 cm³/mol. The molecule has 0 amide bonds. The van der Waals surface area contributed by atoms with Crippen LogP contribution >= 0.6 is 11.3 Å². The van der Waals surface area contributed by atoms with Crippen molar-refractivity contribution in [1.82, 2.24) is 19.4 Å². The van der Waals surface area contributed by atoms with Gasteiger partial charge in [0.05, 0.1) is 26.4 Å². The van der Waals surface area contributed by atoms with Crippen LogP contribution in [0.15, 0.2) is 11.6 Å². The van der Waals surface area contributed by atoms with Crippen molar-refractivity contribution in [2.75, 3.05) is 52.6 Å². The molecule has 2 aliphatic heterocycles. The molecule has 2 fully saturated rings. The molecule has 0 N–H and O–H groups in total. The first-order valence-corrected chi connectivity index (χ1v) is 10.3. The Kier molecular flexibility index (Phi) is 5.71. The molecular formula is C19H28N4O2S. The summed E-state index contributed by atoms with van der Waals surface area (Å²) in [5.41, 5.74) is 5.58. The average molecular weight is 377 g/mol. The second kappa shape index (κ2) is 8.19. The maximum Gasteiger partial charge on any atom is 0.193 e. The van der Waals surface area contributed by atoms with Crippen LogP contribution in [0.1, 0.15) is 22.5 Å². The minimum atomic E-state index is 0.837. The Morgan fingerprint density at radius 1 is 0.885 bits per heavy atom. The smallest absolute Gasteiger partial charge is 0.193 e. The molecule has 0 radical (unpaired) electrons. The van der Waals surface area contributed by atoms with Crippen LogP contribution in [0.5, 0.6) is 0 Å². The highest BCUT2D eigenvalue weighted by atomic mass is 32.1. The fourth-order valence-electron chi connectivity index (χ4n) is 3.96. The van der Waals surface area contributed by atoms with Crippen LogP contribution in [0.2, 0.25) is 0 Å². The maximum atomic E-state index is 5.53. The first-order valence-electron chi connectivity index (χ1n) is 9.43. The van der Waals surface area contributed by atoms with E-state index in [2.05, 4.69) is 38.6 Å². The molecule has 2 aliphatic rings. The molecule has 2 aromatic rings. The van der Waals surface area contributed by atoms with E-state index in [0.29, 0.717) is 0 Å². The third-order valence-electron chi connectivity index (χ3n) is 5.49. The Morgan fingerprint density at radius 2 is 1.38 bits per heavy atom. The molecule has 142 valence electrons. The summed E-state index contributed by atoms with van der Waals surface area (Å²) >= 11 is 1.70. The van der Waals surface area contributed by atoms with Gasteiger partial charge in [0.2, 0.25) is 0 Å². The topological polar surface area (TPSA) is 42.8 Å². The van der Waals surface area contributed by atoms with E-state index in [4.69, 9.17) is 9.47 Å². The van der Waals surface area contributed by atoms with Gasteiger partial charge in [-0.25, -0.2) is 4.98 Å². The SMILES string of the molecule is Cc1c(CN2CCOCC2)c(CN2CCOCC2)c(C)n1-c1nccs1. The molecule has 2 aromatic heterocycles. The number of hydrogen-bond donors (Lipinski definition) is 0. The van der Waals surface area contributed by atoms with E-state index in [-0.39, 0.29) is 0 Å². The zero-order valence-corrected chi connectivity index (χ0v) is 16.6. The van der Waals surface area contributed by atoms with Gasteiger partial charge in [-0.05, 0) is 25.0 Å². The molecule has 6 nitrogen and oxygen atoms in total. The van der Waals surface area contributed by atoms with Gasteiger partial charge in [0.1, 0.15) is 0 Å². The van der Waals surface area contributed by atoms with Gasteiger partial charge in [-0.15, -0.1) is 11.3 Å². The van der Waals surface area contributed by atoms with E-state index in [1.807, 2.05) is 6.20 Å². The fourth-order valence-corrected chi connectivity index (χ4v) is 4.70. The predicted octanol–water partition coefficient (Wildman–Crippen LogP) is 2.22. The first-order chi connectivity index (χ1) is 12.7. The molecule has 0 atom stereocenters. The van der Waals surface area contributed by atoms with Crippen molar-refractivity contribution in [3.8, 4) is 5.13 Å². The van der Waals surface area contributed by atoms with Crippen molar-refractivity contribution in [3.63, 3.8) is 0 Å². The van der Waals surface area contributed by atoms with E-state index < -0.39 is 0 Å². The van der Waals surface area contributed by atoms with E-state index >= 15 is 0 Å². The van der Waals surface area contributed by atoms with Gasteiger partial charge in [0.15, 0.2) is 5.13 Å². The molecule has 26 heavy (non-hydrogen) atoms. The van der Waals surface area contributed by atoms with Crippen LogP contribution in [0.4, 0.5) is 0 Å². The molecule has 2 saturated heterocycles. The average Bonchev–Trinajstić information content (AvgIpc) is 3.26. The van der Waals surface area contributed by atoms with Gasteiger partial charge in [-0.3, -0.25) is 14.4 Å². The van der Waals surface area contributed by atoms with Crippen LogP contribution in [0.3, 0.4) is 0 Å². The molecule has 7 heteroatoms. The maximum absolute atomic E-state index is 5.53. The second-order valence-electron chi connectivity index (χ2n) is 7.06. The van der Waals surface area contributed by atoms with Crippen LogP contribution in [0.25, 0.3) is 5.13 Å². The Bertz CT molecular complexity index is 673. The van der Waals surface area contributed by atoms with E-state index in [9.17, 15) is 0 Å². The minimum absolute atomic E-state index is 0.837. The largest absolute Gasteiger partial charge is 0.379 e. The summed E-state index contributed by atoms with van der Waals surface area (Å²) in [6, 6.07) is 0. The lowest BCUT2D eigenvalue weighted by Crippen LogP contribution is -2.37. The first kappa shape index (κ1) is 18.1. The standard InChI is InChI=1S/C19H28N4O2S/c1-15-17(13-21-4-8-24-9-5-21)18(14-22-6-10-25-11-7-22)16(2)23(15)19-20-3-12-26-19/h3,12H,4-11,13-14H2,1-2H3. The number of morpholine rings is 2. The Morgan fingerprint density at radius 3 is 1.81 bits per heavy atom. The zero-order valence-electron chi connectivity index (χ0n) is 15.7. The Labute approximate surface area is 159 Å². The van der Waals surface area contributed by atoms with Crippen molar-refractivity contribution in [1.29, 1.82) is 0 Å². The van der Waals surface area contributed by atoms with E-state index in [0.717, 1.165) is 70.8 Å². The van der Waals surface area contributed by atoms with Gasteiger partial charge in [-0.2, -0.15) is 0 Å². The molecule has 0 spiro atoms. The summed E-state index contributed by atoms with van der Waals surface area (Å²) < 4.78 is 13.4. The second-order valence-corrected chi connectivity index (χ2v) is 7.93. The summed E-state index contributed by atoms with van der Waals surface area (Å²) in [5, 5.41) is 3.12. The highest BCUT2D eigenvalue weighted by molar-refractivity contribution is 7.12. The normalized spacial score (nSPS) is 19.9. The molecule has 4 heterocycles. The third-order valence-corrected chi connectivity index (χ3v) is 6.25. The van der Waals surface area contributed by atoms with Gasteiger partial charge in [0, 0.05) is 62.2 Å². The minimum Gasteiger partial charge on any atom is -0.379 e. The molecule has 0 saturated carbocycles. The Balaban J connectivity index is 1.67. The lowest BCUT2D eigenvalue weighted by atomic mass is 10.1. The van der Waals surface area contributed by atoms with Gasteiger partial charge < -0.3 is 9.47 Å². The number of aromatic nitrogens is 2. The molecule has 0 bridgehead atoms. The monoisotopic (exact) mass is 376 g/mol. The number of hydrogen-bond acceptors (Lipinski definition) is 6. The molecule has 0 unspecified atom stereocenters. The van der Waals surface area contributed by atoms with Crippen molar-refractivity contribution in [2.45, 2.75) is 26.9 Å². The van der Waals surface area contributed by atoms with Gasteiger partial charge in [0.25, 0.3) is 0 Å². The number of thiazole rings is 1. The molecule has 0 aliphatic carbocycles. The van der Waals surface area contributed by atoms with Crippen molar-refractivity contribution < 1.29 is 9.47 Å². The summed E-state index contributed by atoms with van der Waals surface area (Å²) in [4.78, 5) is 9.60. The summed E-state index contributed by atoms with van der Waals surface area (Å²) in [6.07, 6.45) is 1.89. The molecular weight excluding hydrogens is 348 g/mol. The third kappa shape index (κ3) is 3.73. The Hall–Kier alpha value is -1.25. The van der Waals surface area contributed by atoms with Crippen LogP contribution in [-0.4, -0.2) is 72.0 Å². The number of ether oxygens (including phenoxy) is 2. The summed E-state index contributed by atoms with van der Waals surface area (Å²) in [5.74, 6) is 0. The number of nitrogens with zero attached hydrogens (tertiary/aromatic N) is 4. The summed E-state index contributed by atoms with van der Waals surface area (Å²) in [6.45, 7) is 13.9. The van der Waals surface area contributed by atoms with Crippen molar-refractivity contribution in [2.24, 2.45) is 0 Å². The molecule has 0 aromatic carbocycles.